The second kappa shape index (κ2) is 9.80. The Kier molecular flexibility index (Phi) is 6.26. The minimum atomic E-state index is 0.455. The molecule has 8 nitrogen and oxygen atoms in total. The van der Waals surface area contributed by atoms with Crippen LogP contribution in [0.5, 0.6) is 11.5 Å². The van der Waals surface area contributed by atoms with Gasteiger partial charge in [0.2, 0.25) is 11.7 Å². The van der Waals surface area contributed by atoms with Gasteiger partial charge in [0, 0.05) is 16.8 Å². The molecule has 2 heterocycles. The van der Waals surface area contributed by atoms with Crippen LogP contribution in [0.1, 0.15) is 5.89 Å². The molecule has 3 aromatic carbocycles. The molecule has 0 aliphatic carbocycles. The number of rotatable bonds is 8. The van der Waals surface area contributed by atoms with Crippen molar-refractivity contribution in [3.63, 3.8) is 0 Å². The van der Waals surface area contributed by atoms with E-state index in [-0.39, 0.29) is 0 Å². The van der Waals surface area contributed by atoms with Crippen molar-refractivity contribution in [1.82, 2.24) is 24.9 Å². The molecular weight excluding hydrogens is 450 g/mol. The summed E-state index contributed by atoms with van der Waals surface area (Å²) in [7, 11) is 3.28. The zero-order chi connectivity index (χ0) is 23.3. The predicted molar refractivity (Wildman–Crippen MR) is 129 cm³/mol. The quantitative estimate of drug-likeness (QED) is 0.282. The van der Waals surface area contributed by atoms with Gasteiger partial charge >= 0.3 is 0 Å². The number of ether oxygens (including phenoxy) is 2. The monoisotopic (exact) mass is 471 g/mol. The van der Waals surface area contributed by atoms with E-state index in [4.69, 9.17) is 14.0 Å². The average Bonchev–Trinajstić information content (AvgIpc) is 3.55. The minimum absolute atomic E-state index is 0.455. The summed E-state index contributed by atoms with van der Waals surface area (Å²) in [5.41, 5.74) is 2.75. The molecule has 0 bridgehead atoms. The lowest BCUT2D eigenvalue weighted by molar-refractivity contribution is 0.391. The van der Waals surface area contributed by atoms with Crippen molar-refractivity contribution >= 4 is 11.8 Å². The van der Waals surface area contributed by atoms with Gasteiger partial charge in [-0.25, -0.2) is 0 Å². The summed E-state index contributed by atoms with van der Waals surface area (Å²) in [6.45, 7) is 0. The molecule has 5 rings (SSSR count). The van der Waals surface area contributed by atoms with E-state index in [1.165, 1.54) is 11.8 Å². The maximum Gasteiger partial charge on any atom is 0.237 e. The molecule has 0 aliphatic heterocycles. The standard InChI is InChI=1S/C25H21N5O3S/c1-31-20-12-8-17(9-13-20)23-26-22(33-29-23)16-34-25-28-27-24(18-10-14-21(32-2)15-11-18)30(25)19-6-4-3-5-7-19/h3-15H,16H2,1-2H3. The minimum Gasteiger partial charge on any atom is -0.497 e. The van der Waals surface area contributed by atoms with Gasteiger partial charge in [0.05, 0.1) is 20.0 Å². The Balaban J connectivity index is 1.40. The fourth-order valence-electron chi connectivity index (χ4n) is 3.40. The second-order valence-corrected chi connectivity index (χ2v) is 8.18. The number of hydrogen-bond acceptors (Lipinski definition) is 8. The molecule has 0 unspecified atom stereocenters. The van der Waals surface area contributed by atoms with E-state index in [9.17, 15) is 0 Å². The Labute approximate surface area is 200 Å². The van der Waals surface area contributed by atoms with Crippen LogP contribution in [0.4, 0.5) is 0 Å². The smallest absolute Gasteiger partial charge is 0.237 e. The Morgan fingerprint density at radius 2 is 1.44 bits per heavy atom. The fraction of sp³-hybridized carbons (Fsp3) is 0.120. The molecule has 0 radical (unpaired) electrons. The van der Waals surface area contributed by atoms with Gasteiger partial charge in [-0.3, -0.25) is 4.57 Å². The zero-order valence-electron chi connectivity index (χ0n) is 18.6. The Morgan fingerprint density at radius 3 is 2.09 bits per heavy atom. The van der Waals surface area contributed by atoms with Crippen molar-refractivity contribution in [3.05, 3.63) is 84.8 Å². The summed E-state index contributed by atoms with van der Waals surface area (Å²) < 4.78 is 18.0. The first-order valence-corrected chi connectivity index (χ1v) is 11.5. The Hall–Kier alpha value is -4.11. The van der Waals surface area contributed by atoms with Gasteiger partial charge in [-0.1, -0.05) is 35.1 Å². The molecule has 0 N–H and O–H groups in total. The van der Waals surface area contributed by atoms with Crippen LogP contribution in [-0.4, -0.2) is 39.1 Å². The van der Waals surface area contributed by atoms with E-state index in [2.05, 4.69) is 20.3 Å². The molecule has 2 aromatic heterocycles. The summed E-state index contributed by atoms with van der Waals surface area (Å²) in [6.07, 6.45) is 0. The van der Waals surface area contributed by atoms with Crippen LogP contribution in [-0.2, 0) is 5.75 Å². The van der Waals surface area contributed by atoms with E-state index in [1.807, 2.05) is 83.4 Å². The van der Waals surface area contributed by atoms with Crippen molar-refractivity contribution in [2.45, 2.75) is 10.9 Å². The molecule has 0 saturated carbocycles. The molecule has 9 heteroatoms. The Morgan fingerprint density at radius 1 is 0.794 bits per heavy atom. The van der Waals surface area contributed by atoms with Crippen LogP contribution < -0.4 is 9.47 Å². The number of nitrogens with zero attached hydrogens (tertiary/aromatic N) is 5. The molecule has 0 spiro atoms. The van der Waals surface area contributed by atoms with Gasteiger partial charge in [0.25, 0.3) is 0 Å². The molecule has 0 atom stereocenters. The first-order valence-electron chi connectivity index (χ1n) is 10.5. The normalized spacial score (nSPS) is 10.9. The van der Waals surface area contributed by atoms with E-state index in [0.29, 0.717) is 17.5 Å². The summed E-state index contributed by atoms with van der Waals surface area (Å²) in [5.74, 6) is 3.78. The summed E-state index contributed by atoms with van der Waals surface area (Å²) >= 11 is 1.48. The van der Waals surface area contributed by atoms with Crippen LogP contribution in [0.3, 0.4) is 0 Å². The summed E-state index contributed by atoms with van der Waals surface area (Å²) in [4.78, 5) is 4.53. The molecule has 0 aliphatic rings. The van der Waals surface area contributed by atoms with Crippen molar-refractivity contribution in [2.24, 2.45) is 0 Å². The maximum absolute atomic E-state index is 5.48. The van der Waals surface area contributed by atoms with Crippen molar-refractivity contribution in [2.75, 3.05) is 14.2 Å². The predicted octanol–water partition coefficient (Wildman–Crippen LogP) is 5.29. The highest BCUT2D eigenvalue weighted by molar-refractivity contribution is 7.98. The maximum atomic E-state index is 5.48. The average molecular weight is 472 g/mol. The Bertz CT molecular complexity index is 1370. The lowest BCUT2D eigenvalue weighted by Crippen LogP contribution is -1.99. The first-order chi connectivity index (χ1) is 16.7. The fourth-order valence-corrected chi connectivity index (χ4v) is 4.19. The van der Waals surface area contributed by atoms with Gasteiger partial charge in [0.1, 0.15) is 11.5 Å². The van der Waals surface area contributed by atoms with Gasteiger partial charge < -0.3 is 14.0 Å². The van der Waals surface area contributed by atoms with Crippen LogP contribution in [0.25, 0.3) is 28.5 Å². The molecule has 34 heavy (non-hydrogen) atoms. The molecule has 0 amide bonds. The number of methoxy groups -OCH3 is 2. The highest BCUT2D eigenvalue weighted by Gasteiger charge is 2.18. The van der Waals surface area contributed by atoms with Crippen LogP contribution in [0.2, 0.25) is 0 Å². The molecular formula is C25H21N5O3S. The van der Waals surface area contributed by atoms with Gasteiger partial charge in [-0.05, 0) is 60.7 Å². The highest BCUT2D eigenvalue weighted by Crippen LogP contribution is 2.30. The van der Waals surface area contributed by atoms with Gasteiger partial charge in [-0.2, -0.15) is 4.98 Å². The third-order valence-electron chi connectivity index (χ3n) is 5.14. The van der Waals surface area contributed by atoms with Crippen LogP contribution in [0.15, 0.2) is 88.5 Å². The topological polar surface area (TPSA) is 88.1 Å². The highest BCUT2D eigenvalue weighted by atomic mass is 32.2. The van der Waals surface area contributed by atoms with Crippen LogP contribution >= 0.6 is 11.8 Å². The molecule has 5 aromatic rings. The molecule has 0 saturated heterocycles. The van der Waals surface area contributed by atoms with Crippen molar-refractivity contribution in [3.8, 4) is 40.0 Å². The van der Waals surface area contributed by atoms with E-state index >= 15 is 0 Å². The lowest BCUT2D eigenvalue weighted by Gasteiger charge is -2.10. The zero-order valence-corrected chi connectivity index (χ0v) is 19.4. The largest absolute Gasteiger partial charge is 0.497 e. The summed E-state index contributed by atoms with van der Waals surface area (Å²) in [6, 6.07) is 25.3. The van der Waals surface area contributed by atoms with Crippen LogP contribution in [0, 0.1) is 0 Å². The lowest BCUT2D eigenvalue weighted by atomic mass is 10.2. The number of benzene rings is 3. The number of hydrogen-bond donors (Lipinski definition) is 0. The van der Waals surface area contributed by atoms with Gasteiger partial charge in [0.15, 0.2) is 11.0 Å². The SMILES string of the molecule is COc1ccc(-c2noc(CSc3nnc(-c4ccc(OC)cc4)n3-c3ccccc3)n2)cc1. The molecule has 0 fully saturated rings. The third-order valence-corrected chi connectivity index (χ3v) is 6.05. The van der Waals surface area contributed by atoms with Crippen molar-refractivity contribution < 1.29 is 14.0 Å². The van der Waals surface area contributed by atoms with Gasteiger partial charge in [-0.15, -0.1) is 10.2 Å². The van der Waals surface area contributed by atoms with E-state index < -0.39 is 0 Å². The number of para-hydroxylation sites is 1. The third kappa shape index (κ3) is 4.51. The number of aromatic nitrogens is 5. The second-order valence-electron chi connectivity index (χ2n) is 7.23. The first kappa shape index (κ1) is 21.7. The van der Waals surface area contributed by atoms with E-state index in [0.717, 1.165) is 39.3 Å². The van der Waals surface area contributed by atoms with E-state index in [1.54, 1.807) is 14.2 Å². The van der Waals surface area contributed by atoms with Crippen molar-refractivity contribution in [1.29, 1.82) is 0 Å². The summed E-state index contributed by atoms with van der Waals surface area (Å²) in [5, 5.41) is 13.8. The molecule has 170 valence electrons. The number of thioether (sulfide) groups is 1.